The van der Waals surface area contributed by atoms with Gasteiger partial charge in [-0.05, 0) is 48.4 Å². The largest absolute Gasteiger partial charge is 0.490 e. The minimum Gasteiger partial charge on any atom is -0.490 e. The number of unbranched alkanes of at least 4 members (excludes halogenated alkanes) is 4. The summed E-state index contributed by atoms with van der Waals surface area (Å²) < 4.78 is 14.6. The number of pyridine rings is 1. The van der Waals surface area contributed by atoms with Crippen molar-refractivity contribution in [1.82, 2.24) is 24.7 Å². The molecule has 4 bridgehead atoms. The number of allylic oxidation sites excluding steroid dienone is 2. The van der Waals surface area contributed by atoms with Gasteiger partial charge in [0.2, 0.25) is 5.88 Å². The highest BCUT2D eigenvalue weighted by molar-refractivity contribution is 14.1. The van der Waals surface area contributed by atoms with Gasteiger partial charge in [-0.1, -0.05) is 32.3 Å². The molecule has 0 spiro atoms. The Kier molecular flexibility index (Phi) is 8.89. The fraction of sp³-hybridized carbons (Fsp3) is 0.423. The molecule has 4 rings (SSSR count). The highest BCUT2D eigenvalue weighted by Crippen LogP contribution is 2.33. The molecule has 3 aromatic rings. The van der Waals surface area contributed by atoms with E-state index in [4.69, 9.17) is 14.9 Å². The molecule has 10 heteroatoms. The highest BCUT2D eigenvalue weighted by atomic mass is 127. The van der Waals surface area contributed by atoms with Crippen LogP contribution in [0.5, 0.6) is 11.6 Å². The Morgan fingerprint density at radius 2 is 2.11 bits per heavy atom. The van der Waals surface area contributed by atoms with Gasteiger partial charge in [0.25, 0.3) is 0 Å². The first-order valence-corrected chi connectivity index (χ1v) is 13.4. The van der Waals surface area contributed by atoms with Crippen LogP contribution in [0.1, 0.15) is 57.9 Å². The third kappa shape index (κ3) is 6.40. The van der Waals surface area contributed by atoms with Crippen molar-refractivity contribution in [3.8, 4) is 23.0 Å². The molecule has 1 aliphatic rings. The summed E-state index contributed by atoms with van der Waals surface area (Å²) in [4.78, 5) is 13.7. The maximum Gasteiger partial charge on any atom is 0.222 e. The van der Waals surface area contributed by atoms with E-state index in [1.807, 2.05) is 20.0 Å². The molecule has 36 heavy (non-hydrogen) atoms. The maximum absolute atomic E-state index is 8.41. The summed E-state index contributed by atoms with van der Waals surface area (Å²) in [6.45, 7) is 4.67. The van der Waals surface area contributed by atoms with Crippen LogP contribution in [0.2, 0.25) is 0 Å². The molecule has 3 aromatic heterocycles. The van der Waals surface area contributed by atoms with Crippen molar-refractivity contribution < 1.29 is 9.47 Å². The Morgan fingerprint density at radius 1 is 1.25 bits per heavy atom. The van der Waals surface area contributed by atoms with E-state index in [1.165, 1.54) is 19.3 Å². The standard InChI is InChI=1S/C26H32IN7O2/c1-4-5-6-7-8-9-18(24(27)28)19-15-30-23-14-21(19)36-17(2)11-13-35-26-20(16-31-34(26)3)25-29-12-10-22(32-23)33-25/h9-10,12,14-17,28H,4-8,11,13H2,1-3H3,(H,29,30,32,33)/b18-9-,28-24?/t17-/m0/s1. The Bertz CT molecular complexity index is 1240. The van der Waals surface area contributed by atoms with Gasteiger partial charge in [-0.2, -0.15) is 5.10 Å². The van der Waals surface area contributed by atoms with Crippen LogP contribution in [-0.4, -0.2) is 41.2 Å². The van der Waals surface area contributed by atoms with Crippen molar-refractivity contribution in [3.63, 3.8) is 0 Å². The van der Waals surface area contributed by atoms with Crippen LogP contribution in [0.3, 0.4) is 0 Å². The van der Waals surface area contributed by atoms with E-state index in [1.54, 1.807) is 29.3 Å². The number of nitrogens with one attached hydrogen (secondary N) is 2. The number of hydrogen-bond donors (Lipinski definition) is 2. The second-order valence-electron chi connectivity index (χ2n) is 8.79. The van der Waals surface area contributed by atoms with Crippen molar-refractivity contribution in [3.05, 3.63) is 42.4 Å². The van der Waals surface area contributed by atoms with Gasteiger partial charge in [-0.15, -0.1) is 0 Å². The lowest BCUT2D eigenvalue weighted by atomic mass is 10.0. The van der Waals surface area contributed by atoms with Crippen LogP contribution in [0.15, 0.2) is 36.8 Å². The summed E-state index contributed by atoms with van der Waals surface area (Å²) in [5.41, 5.74) is 2.38. The average Bonchev–Trinajstić information content (AvgIpc) is 3.22. The smallest absolute Gasteiger partial charge is 0.222 e. The molecule has 0 radical (unpaired) electrons. The zero-order valence-electron chi connectivity index (χ0n) is 20.9. The lowest BCUT2D eigenvalue weighted by Gasteiger charge is -2.20. The lowest BCUT2D eigenvalue weighted by molar-refractivity contribution is 0.172. The predicted molar refractivity (Wildman–Crippen MR) is 150 cm³/mol. The molecule has 0 unspecified atom stereocenters. The first kappa shape index (κ1) is 26.1. The number of nitrogens with zero attached hydrogens (tertiary/aromatic N) is 5. The summed E-state index contributed by atoms with van der Waals surface area (Å²) in [5, 5.41) is 16.0. The molecular formula is C26H32IN7O2. The fourth-order valence-corrected chi connectivity index (χ4v) is 4.49. The van der Waals surface area contributed by atoms with E-state index in [0.717, 1.165) is 29.5 Å². The number of fused-ring (bicyclic) bond motifs is 6. The lowest BCUT2D eigenvalue weighted by Crippen LogP contribution is -2.18. The minimum atomic E-state index is -0.123. The van der Waals surface area contributed by atoms with Gasteiger partial charge in [0.05, 0.1) is 22.6 Å². The van der Waals surface area contributed by atoms with Crippen LogP contribution in [-0.2, 0) is 7.05 Å². The van der Waals surface area contributed by atoms with Crippen molar-refractivity contribution in [2.75, 3.05) is 11.9 Å². The van der Waals surface area contributed by atoms with Crippen LogP contribution in [0, 0.1) is 5.41 Å². The molecule has 0 fully saturated rings. The summed E-state index contributed by atoms with van der Waals surface area (Å²) in [7, 11) is 1.83. The van der Waals surface area contributed by atoms with Gasteiger partial charge < -0.3 is 14.8 Å². The SMILES string of the molecule is CCCCCC/C=C(\C(=N)I)c1cnc2cc1O[C@@H](C)CCOc1c(cnn1C)-c1nccc(n1)N2. The Morgan fingerprint density at radius 3 is 2.92 bits per heavy atom. The van der Waals surface area contributed by atoms with Crippen LogP contribution in [0.25, 0.3) is 17.0 Å². The minimum absolute atomic E-state index is 0.123. The molecule has 0 aromatic carbocycles. The summed E-state index contributed by atoms with van der Waals surface area (Å²) >= 11 is 2.06. The van der Waals surface area contributed by atoms with Crippen LogP contribution >= 0.6 is 22.6 Å². The number of hydrogen-bond acceptors (Lipinski definition) is 8. The molecule has 1 atom stereocenters. The molecule has 9 nitrogen and oxygen atoms in total. The molecule has 0 saturated carbocycles. The first-order chi connectivity index (χ1) is 17.5. The zero-order chi connectivity index (χ0) is 25.5. The van der Waals surface area contributed by atoms with Crippen LogP contribution in [0.4, 0.5) is 11.6 Å². The number of anilines is 2. The Balaban J connectivity index is 1.69. The monoisotopic (exact) mass is 601 g/mol. The van der Waals surface area contributed by atoms with E-state index >= 15 is 0 Å². The molecule has 190 valence electrons. The molecule has 0 amide bonds. The summed E-state index contributed by atoms with van der Waals surface area (Å²) in [5.74, 6) is 3.01. The highest BCUT2D eigenvalue weighted by Gasteiger charge is 2.19. The van der Waals surface area contributed by atoms with Crippen molar-refractivity contribution in [1.29, 1.82) is 5.41 Å². The normalized spacial score (nSPS) is 15.7. The van der Waals surface area contributed by atoms with Crippen molar-refractivity contribution in [2.24, 2.45) is 7.05 Å². The van der Waals surface area contributed by atoms with Gasteiger partial charge in [0.15, 0.2) is 5.82 Å². The van der Waals surface area contributed by atoms with Gasteiger partial charge in [-0.25, -0.2) is 19.6 Å². The summed E-state index contributed by atoms with van der Waals surface area (Å²) in [6.07, 6.45) is 13.5. The van der Waals surface area contributed by atoms with E-state index in [0.29, 0.717) is 45.8 Å². The Labute approximate surface area is 225 Å². The van der Waals surface area contributed by atoms with Gasteiger partial charge >= 0.3 is 0 Å². The van der Waals surface area contributed by atoms with Gasteiger partial charge in [0.1, 0.15) is 22.9 Å². The van der Waals surface area contributed by atoms with E-state index < -0.39 is 0 Å². The number of ether oxygens (including phenoxy) is 2. The van der Waals surface area contributed by atoms with E-state index in [9.17, 15) is 0 Å². The van der Waals surface area contributed by atoms with Crippen molar-refractivity contribution >= 4 is 43.5 Å². The topological polar surface area (TPSA) is 111 Å². The van der Waals surface area contributed by atoms with Crippen molar-refractivity contribution in [2.45, 2.75) is 58.5 Å². The molecular weight excluding hydrogens is 569 g/mol. The number of rotatable bonds is 7. The van der Waals surface area contributed by atoms with Gasteiger partial charge in [-0.3, -0.25) is 5.41 Å². The zero-order valence-corrected chi connectivity index (χ0v) is 23.1. The van der Waals surface area contributed by atoms with E-state index in [-0.39, 0.29) is 6.10 Å². The number of halogens is 1. The summed E-state index contributed by atoms with van der Waals surface area (Å²) in [6, 6.07) is 3.66. The van der Waals surface area contributed by atoms with E-state index in [2.05, 4.69) is 61.0 Å². The first-order valence-electron chi connectivity index (χ1n) is 12.3. The predicted octanol–water partition coefficient (Wildman–Crippen LogP) is 6.33. The third-order valence-corrected chi connectivity index (χ3v) is 6.51. The quantitative estimate of drug-likeness (QED) is 0.185. The second-order valence-corrected chi connectivity index (χ2v) is 9.87. The third-order valence-electron chi connectivity index (χ3n) is 5.93. The fourth-order valence-electron chi connectivity index (χ4n) is 3.98. The maximum atomic E-state index is 8.41. The molecule has 0 aliphatic carbocycles. The molecule has 2 N–H and O–H groups in total. The Hall–Kier alpha value is -3.02. The van der Waals surface area contributed by atoms with Crippen LogP contribution < -0.4 is 14.8 Å². The molecule has 0 saturated heterocycles. The number of aryl methyl sites for hydroxylation is 1. The number of aromatic nitrogens is 5. The average molecular weight is 601 g/mol. The second kappa shape index (κ2) is 12.3. The molecule has 1 aliphatic heterocycles. The molecule has 4 heterocycles. The van der Waals surface area contributed by atoms with Gasteiger partial charge in [0, 0.05) is 43.1 Å².